The molecule has 1 aliphatic carbocycles. The van der Waals surface area contributed by atoms with Gasteiger partial charge in [0.05, 0.1) is 6.04 Å². The van der Waals surface area contributed by atoms with Gasteiger partial charge in [-0.15, -0.1) is 10.2 Å². The van der Waals surface area contributed by atoms with E-state index in [2.05, 4.69) is 40.9 Å². The van der Waals surface area contributed by atoms with E-state index in [0.29, 0.717) is 12.1 Å². The van der Waals surface area contributed by atoms with Gasteiger partial charge in [0.15, 0.2) is 0 Å². The van der Waals surface area contributed by atoms with Crippen molar-refractivity contribution in [2.45, 2.75) is 71.5 Å². The first-order valence-electron chi connectivity index (χ1n) is 7.83. The minimum absolute atomic E-state index is 0.320. The minimum atomic E-state index is 0.320. The van der Waals surface area contributed by atoms with Crippen LogP contribution < -0.4 is 5.32 Å². The van der Waals surface area contributed by atoms with Crippen molar-refractivity contribution in [1.29, 1.82) is 0 Å². The van der Waals surface area contributed by atoms with E-state index in [1.54, 1.807) is 0 Å². The van der Waals surface area contributed by atoms with Crippen LogP contribution >= 0.6 is 0 Å². The van der Waals surface area contributed by atoms with E-state index < -0.39 is 0 Å². The number of aryl methyl sites for hydroxylation is 1. The van der Waals surface area contributed by atoms with Crippen molar-refractivity contribution in [2.24, 2.45) is 11.8 Å². The van der Waals surface area contributed by atoms with Crippen LogP contribution in [0.2, 0.25) is 0 Å². The highest BCUT2D eigenvalue weighted by Crippen LogP contribution is 2.30. The highest BCUT2D eigenvalue weighted by atomic mass is 15.3. The fourth-order valence-electron chi connectivity index (χ4n) is 3.80. The summed E-state index contributed by atoms with van der Waals surface area (Å²) in [6.45, 7) is 8.09. The van der Waals surface area contributed by atoms with Gasteiger partial charge in [-0.1, -0.05) is 13.8 Å². The van der Waals surface area contributed by atoms with E-state index in [9.17, 15) is 0 Å². The predicted molar refractivity (Wildman–Crippen MR) is 75.9 cm³/mol. The Hall–Kier alpha value is -0.900. The molecule has 1 saturated carbocycles. The second-order valence-corrected chi connectivity index (χ2v) is 6.62. The average Bonchev–Trinajstić information content (AvgIpc) is 2.94. The number of hydrogen-bond donors (Lipinski definition) is 1. The highest BCUT2D eigenvalue weighted by Gasteiger charge is 2.28. The maximum atomic E-state index is 4.39. The zero-order valence-electron chi connectivity index (χ0n) is 12.4. The standard InChI is InChI=1S/C15H26N4/c1-10-6-7-13(11(2)9-10)16-12(3)15-18-17-14-5-4-8-19(14)15/h10-13,16H,4-9H2,1-3H3. The monoisotopic (exact) mass is 262 g/mol. The Morgan fingerprint density at radius 1 is 1.26 bits per heavy atom. The van der Waals surface area contributed by atoms with Gasteiger partial charge in [-0.3, -0.25) is 0 Å². The molecule has 0 saturated heterocycles. The normalized spacial score (nSPS) is 32.3. The summed E-state index contributed by atoms with van der Waals surface area (Å²) in [5.74, 6) is 3.97. The third-order valence-electron chi connectivity index (χ3n) is 4.92. The van der Waals surface area contributed by atoms with Crippen LogP contribution in [-0.4, -0.2) is 20.8 Å². The van der Waals surface area contributed by atoms with Crippen LogP contribution in [0, 0.1) is 11.8 Å². The van der Waals surface area contributed by atoms with Crippen LogP contribution in [0.4, 0.5) is 0 Å². The molecule has 4 unspecified atom stereocenters. The quantitative estimate of drug-likeness (QED) is 0.910. The Kier molecular flexibility index (Phi) is 3.61. The number of nitrogens with zero attached hydrogens (tertiary/aromatic N) is 3. The maximum absolute atomic E-state index is 4.39. The summed E-state index contributed by atoms with van der Waals surface area (Å²) in [7, 11) is 0. The molecule has 2 heterocycles. The molecule has 1 aromatic rings. The lowest BCUT2D eigenvalue weighted by Gasteiger charge is -2.35. The summed E-state index contributed by atoms with van der Waals surface area (Å²) in [4.78, 5) is 0. The first-order chi connectivity index (χ1) is 9.15. The molecular weight excluding hydrogens is 236 g/mol. The van der Waals surface area contributed by atoms with Gasteiger partial charge < -0.3 is 9.88 Å². The van der Waals surface area contributed by atoms with Crippen molar-refractivity contribution in [3.63, 3.8) is 0 Å². The van der Waals surface area contributed by atoms with Crippen molar-refractivity contribution in [1.82, 2.24) is 20.1 Å². The summed E-state index contributed by atoms with van der Waals surface area (Å²) in [6, 6.07) is 0.959. The molecule has 3 rings (SSSR count). The topological polar surface area (TPSA) is 42.7 Å². The Morgan fingerprint density at radius 3 is 2.89 bits per heavy atom. The molecule has 4 atom stereocenters. The van der Waals surface area contributed by atoms with Gasteiger partial charge in [-0.2, -0.15) is 0 Å². The zero-order chi connectivity index (χ0) is 13.4. The molecule has 0 bridgehead atoms. The highest BCUT2D eigenvalue weighted by molar-refractivity contribution is 5.04. The van der Waals surface area contributed by atoms with Crippen molar-refractivity contribution in [3.8, 4) is 0 Å². The molecule has 4 nitrogen and oxygen atoms in total. The molecule has 1 aromatic heterocycles. The number of hydrogen-bond acceptors (Lipinski definition) is 3. The zero-order valence-corrected chi connectivity index (χ0v) is 12.4. The second-order valence-electron chi connectivity index (χ2n) is 6.62. The smallest absolute Gasteiger partial charge is 0.149 e. The first-order valence-corrected chi connectivity index (χ1v) is 7.83. The first kappa shape index (κ1) is 13.1. The molecule has 106 valence electrons. The van der Waals surface area contributed by atoms with Crippen molar-refractivity contribution in [2.75, 3.05) is 0 Å². The summed E-state index contributed by atoms with van der Waals surface area (Å²) in [6.07, 6.45) is 6.32. The molecule has 2 aliphatic rings. The van der Waals surface area contributed by atoms with Gasteiger partial charge in [-0.05, 0) is 44.4 Å². The summed E-state index contributed by atoms with van der Waals surface area (Å²) in [5.41, 5.74) is 0. The number of fused-ring (bicyclic) bond motifs is 1. The molecule has 4 heteroatoms. The SMILES string of the molecule is CC1CCC(NC(C)c2nnc3n2CCC3)C(C)C1. The molecule has 1 aliphatic heterocycles. The van der Waals surface area contributed by atoms with Crippen LogP contribution in [0.5, 0.6) is 0 Å². The third kappa shape index (κ3) is 2.55. The fourth-order valence-corrected chi connectivity index (χ4v) is 3.80. The van der Waals surface area contributed by atoms with Gasteiger partial charge in [0.25, 0.3) is 0 Å². The van der Waals surface area contributed by atoms with Gasteiger partial charge in [0, 0.05) is 19.0 Å². The molecule has 19 heavy (non-hydrogen) atoms. The van der Waals surface area contributed by atoms with E-state index >= 15 is 0 Å². The molecule has 0 amide bonds. The molecular formula is C15H26N4. The van der Waals surface area contributed by atoms with Crippen LogP contribution in [-0.2, 0) is 13.0 Å². The van der Waals surface area contributed by atoms with Crippen molar-refractivity contribution >= 4 is 0 Å². The van der Waals surface area contributed by atoms with Crippen LogP contribution in [0.25, 0.3) is 0 Å². The summed E-state index contributed by atoms with van der Waals surface area (Å²) in [5, 5.41) is 12.5. The molecule has 1 N–H and O–H groups in total. The van der Waals surface area contributed by atoms with Gasteiger partial charge in [0.2, 0.25) is 0 Å². The average molecular weight is 262 g/mol. The lowest BCUT2D eigenvalue weighted by Crippen LogP contribution is -2.41. The van der Waals surface area contributed by atoms with Crippen LogP contribution in [0.15, 0.2) is 0 Å². The van der Waals surface area contributed by atoms with Crippen molar-refractivity contribution in [3.05, 3.63) is 11.6 Å². The number of nitrogens with one attached hydrogen (secondary N) is 1. The maximum Gasteiger partial charge on any atom is 0.149 e. The lowest BCUT2D eigenvalue weighted by atomic mass is 9.79. The van der Waals surface area contributed by atoms with Gasteiger partial charge in [-0.25, -0.2) is 0 Å². The number of aromatic nitrogens is 3. The van der Waals surface area contributed by atoms with Crippen LogP contribution in [0.3, 0.4) is 0 Å². The molecule has 1 fully saturated rings. The number of rotatable bonds is 3. The Balaban J connectivity index is 1.66. The Bertz CT molecular complexity index is 439. The molecule has 0 spiro atoms. The van der Waals surface area contributed by atoms with E-state index in [4.69, 9.17) is 0 Å². The fraction of sp³-hybridized carbons (Fsp3) is 0.867. The van der Waals surface area contributed by atoms with E-state index in [-0.39, 0.29) is 0 Å². The van der Waals surface area contributed by atoms with Gasteiger partial charge in [0.1, 0.15) is 11.6 Å². The van der Waals surface area contributed by atoms with Gasteiger partial charge >= 0.3 is 0 Å². The third-order valence-corrected chi connectivity index (χ3v) is 4.92. The molecule has 0 radical (unpaired) electrons. The van der Waals surface area contributed by atoms with E-state index in [1.807, 2.05) is 0 Å². The predicted octanol–water partition coefficient (Wildman–Crippen LogP) is 2.70. The molecule has 0 aromatic carbocycles. The largest absolute Gasteiger partial charge is 0.314 e. The van der Waals surface area contributed by atoms with Crippen molar-refractivity contribution < 1.29 is 0 Å². The summed E-state index contributed by atoms with van der Waals surface area (Å²) >= 11 is 0. The Labute approximate surface area is 116 Å². The van der Waals surface area contributed by atoms with Crippen LogP contribution in [0.1, 0.15) is 64.1 Å². The summed E-state index contributed by atoms with van der Waals surface area (Å²) < 4.78 is 2.31. The minimum Gasteiger partial charge on any atom is -0.314 e. The van der Waals surface area contributed by atoms with E-state index in [0.717, 1.165) is 30.6 Å². The van der Waals surface area contributed by atoms with E-state index in [1.165, 1.54) is 31.5 Å². The lowest BCUT2D eigenvalue weighted by molar-refractivity contribution is 0.213. The second kappa shape index (κ2) is 5.23. The Morgan fingerprint density at radius 2 is 2.11 bits per heavy atom.